The monoisotopic (exact) mass is 332 g/mol. The van der Waals surface area contributed by atoms with Crippen molar-refractivity contribution in [3.63, 3.8) is 0 Å². The maximum atomic E-state index is 13.0. The van der Waals surface area contributed by atoms with Crippen molar-refractivity contribution in [1.82, 2.24) is 9.80 Å². The zero-order valence-electron chi connectivity index (χ0n) is 15.8. The smallest absolute Gasteiger partial charge is 0.254 e. The minimum atomic E-state index is 0.102. The molecule has 0 aliphatic carbocycles. The number of likely N-dealkylation sites (tertiary alicyclic amines) is 1. The Bertz CT molecular complexity index is 526. The van der Waals surface area contributed by atoms with Crippen LogP contribution in [0.1, 0.15) is 49.5 Å². The fraction of sp³-hybridized carbons (Fsp3) is 0.650. The summed E-state index contributed by atoms with van der Waals surface area (Å²) in [6.07, 6.45) is 2.07. The summed E-state index contributed by atoms with van der Waals surface area (Å²) in [6.45, 7) is 9.89. The lowest BCUT2D eigenvalue weighted by Gasteiger charge is -2.37. The molecule has 4 heteroatoms. The van der Waals surface area contributed by atoms with Gasteiger partial charge in [0.1, 0.15) is 0 Å². The van der Waals surface area contributed by atoms with E-state index in [0.717, 1.165) is 31.5 Å². The summed E-state index contributed by atoms with van der Waals surface area (Å²) in [5, 5.41) is 0. The highest BCUT2D eigenvalue weighted by atomic mass is 16.5. The quantitative estimate of drug-likeness (QED) is 0.830. The van der Waals surface area contributed by atoms with E-state index in [9.17, 15) is 4.79 Å². The van der Waals surface area contributed by atoms with E-state index >= 15 is 0 Å². The highest BCUT2D eigenvalue weighted by Crippen LogP contribution is 2.23. The summed E-state index contributed by atoms with van der Waals surface area (Å²) in [4.78, 5) is 17.4. The number of hydrogen-bond donors (Lipinski definition) is 0. The Morgan fingerprint density at radius 2 is 1.79 bits per heavy atom. The first-order chi connectivity index (χ1) is 11.3. The average molecular weight is 332 g/mol. The van der Waals surface area contributed by atoms with Gasteiger partial charge in [0.2, 0.25) is 0 Å². The Labute approximate surface area is 146 Å². The molecule has 1 aromatic carbocycles. The van der Waals surface area contributed by atoms with Crippen LogP contribution in [0, 0.1) is 0 Å². The zero-order valence-corrected chi connectivity index (χ0v) is 15.8. The number of carbonyl (C=O) groups excluding carboxylic acids is 1. The lowest BCUT2D eigenvalue weighted by atomic mass is 9.86. The van der Waals surface area contributed by atoms with Crippen molar-refractivity contribution >= 4 is 5.91 Å². The molecule has 1 aliphatic heterocycles. The van der Waals surface area contributed by atoms with Gasteiger partial charge in [-0.25, -0.2) is 0 Å². The molecule has 2 rings (SSSR count). The van der Waals surface area contributed by atoms with Gasteiger partial charge in [0.05, 0.1) is 6.61 Å². The minimum Gasteiger partial charge on any atom is -0.383 e. The topological polar surface area (TPSA) is 32.8 Å². The van der Waals surface area contributed by atoms with Crippen LogP contribution in [0.3, 0.4) is 0 Å². The van der Waals surface area contributed by atoms with Crippen molar-refractivity contribution in [2.75, 3.05) is 40.4 Å². The molecule has 1 aliphatic rings. The molecule has 134 valence electrons. The van der Waals surface area contributed by atoms with Gasteiger partial charge in [0, 0.05) is 25.3 Å². The van der Waals surface area contributed by atoms with Crippen LogP contribution >= 0.6 is 0 Å². The molecular weight excluding hydrogens is 300 g/mol. The van der Waals surface area contributed by atoms with Crippen LogP contribution in [0.15, 0.2) is 24.3 Å². The van der Waals surface area contributed by atoms with Crippen molar-refractivity contribution in [3.8, 4) is 0 Å². The molecule has 0 bridgehead atoms. The van der Waals surface area contributed by atoms with E-state index in [2.05, 4.69) is 44.9 Å². The molecule has 0 unspecified atom stereocenters. The van der Waals surface area contributed by atoms with Gasteiger partial charge in [-0.05, 0) is 56.1 Å². The van der Waals surface area contributed by atoms with E-state index in [0.29, 0.717) is 19.2 Å². The van der Waals surface area contributed by atoms with Crippen LogP contribution in [0.25, 0.3) is 0 Å². The number of benzene rings is 1. The maximum Gasteiger partial charge on any atom is 0.254 e. The molecule has 0 aromatic heterocycles. The zero-order chi connectivity index (χ0) is 17.7. The molecular formula is C20H32N2O2. The van der Waals surface area contributed by atoms with E-state index in [1.54, 1.807) is 7.11 Å². The molecule has 0 spiro atoms. The summed E-state index contributed by atoms with van der Waals surface area (Å²) >= 11 is 0. The molecule has 24 heavy (non-hydrogen) atoms. The van der Waals surface area contributed by atoms with Crippen molar-refractivity contribution in [2.24, 2.45) is 0 Å². The van der Waals surface area contributed by atoms with Crippen LogP contribution in [0.5, 0.6) is 0 Å². The first-order valence-corrected chi connectivity index (χ1v) is 8.92. The number of nitrogens with zero attached hydrogens (tertiary/aromatic N) is 2. The van der Waals surface area contributed by atoms with Gasteiger partial charge in [-0.2, -0.15) is 0 Å². The second-order valence-corrected chi connectivity index (χ2v) is 7.85. The van der Waals surface area contributed by atoms with E-state index in [1.807, 2.05) is 17.0 Å². The van der Waals surface area contributed by atoms with Crippen LogP contribution < -0.4 is 0 Å². The van der Waals surface area contributed by atoms with Gasteiger partial charge in [-0.1, -0.05) is 32.9 Å². The first kappa shape index (κ1) is 18.9. The van der Waals surface area contributed by atoms with Crippen LogP contribution in [-0.4, -0.2) is 62.1 Å². The number of carbonyl (C=O) groups is 1. The van der Waals surface area contributed by atoms with Gasteiger partial charge in [-0.15, -0.1) is 0 Å². The Morgan fingerprint density at radius 3 is 2.29 bits per heavy atom. The summed E-state index contributed by atoms with van der Waals surface area (Å²) in [5.41, 5.74) is 2.13. The summed E-state index contributed by atoms with van der Waals surface area (Å²) in [5.74, 6) is 0.127. The second-order valence-electron chi connectivity index (χ2n) is 7.85. The maximum absolute atomic E-state index is 13.0. The largest absolute Gasteiger partial charge is 0.383 e. The summed E-state index contributed by atoms with van der Waals surface area (Å²) in [6, 6.07) is 8.41. The van der Waals surface area contributed by atoms with E-state index in [1.165, 1.54) is 5.56 Å². The first-order valence-electron chi connectivity index (χ1n) is 8.92. The van der Waals surface area contributed by atoms with Crippen molar-refractivity contribution in [3.05, 3.63) is 35.4 Å². The summed E-state index contributed by atoms with van der Waals surface area (Å²) in [7, 11) is 3.83. The van der Waals surface area contributed by atoms with Crippen molar-refractivity contribution < 1.29 is 9.53 Å². The molecule has 0 N–H and O–H groups in total. The predicted octanol–water partition coefficient (Wildman–Crippen LogP) is 3.17. The predicted molar refractivity (Wildman–Crippen MR) is 98.6 cm³/mol. The molecule has 0 atom stereocenters. The van der Waals surface area contributed by atoms with Gasteiger partial charge < -0.3 is 14.5 Å². The SMILES string of the molecule is COCCN(C(=O)c1ccc(C(C)(C)C)cc1)C1CCN(C)CC1. The van der Waals surface area contributed by atoms with Crippen molar-refractivity contribution in [2.45, 2.75) is 45.1 Å². The molecule has 1 fully saturated rings. The fourth-order valence-corrected chi connectivity index (χ4v) is 3.22. The molecule has 1 saturated heterocycles. The summed E-state index contributed by atoms with van der Waals surface area (Å²) < 4.78 is 5.23. The minimum absolute atomic E-state index is 0.102. The van der Waals surface area contributed by atoms with E-state index < -0.39 is 0 Å². The van der Waals surface area contributed by atoms with Gasteiger partial charge in [0.15, 0.2) is 0 Å². The lowest BCUT2D eigenvalue weighted by molar-refractivity contribution is 0.0505. The Balaban J connectivity index is 2.14. The fourth-order valence-electron chi connectivity index (χ4n) is 3.22. The van der Waals surface area contributed by atoms with Gasteiger partial charge in [0.25, 0.3) is 5.91 Å². The Morgan fingerprint density at radius 1 is 1.21 bits per heavy atom. The lowest BCUT2D eigenvalue weighted by Crippen LogP contribution is -2.47. The number of amides is 1. The number of hydrogen-bond acceptors (Lipinski definition) is 3. The third-order valence-corrected chi connectivity index (χ3v) is 4.92. The number of methoxy groups -OCH3 is 1. The van der Waals surface area contributed by atoms with Crippen LogP contribution in [-0.2, 0) is 10.2 Å². The van der Waals surface area contributed by atoms with Crippen LogP contribution in [0.4, 0.5) is 0 Å². The normalized spacial score (nSPS) is 17.0. The van der Waals surface area contributed by atoms with E-state index in [-0.39, 0.29) is 11.3 Å². The number of rotatable bonds is 5. The molecule has 0 radical (unpaired) electrons. The molecule has 4 nitrogen and oxygen atoms in total. The van der Waals surface area contributed by atoms with Gasteiger partial charge >= 0.3 is 0 Å². The molecule has 1 aromatic rings. The average Bonchev–Trinajstić information content (AvgIpc) is 2.56. The molecule has 1 amide bonds. The van der Waals surface area contributed by atoms with Crippen molar-refractivity contribution in [1.29, 1.82) is 0 Å². The highest BCUT2D eigenvalue weighted by Gasteiger charge is 2.27. The third-order valence-electron chi connectivity index (χ3n) is 4.92. The highest BCUT2D eigenvalue weighted by molar-refractivity contribution is 5.94. The standard InChI is InChI=1S/C20H32N2O2/c1-20(2,3)17-8-6-16(7-9-17)19(23)22(14-15-24-5)18-10-12-21(4)13-11-18/h6-9,18H,10-15H2,1-5H3. The second kappa shape index (κ2) is 8.13. The number of piperidine rings is 1. The van der Waals surface area contributed by atoms with Crippen LogP contribution in [0.2, 0.25) is 0 Å². The molecule has 1 heterocycles. The Kier molecular flexibility index (Phi) is 6.41. The third kappa shape index (κ3) is 4.81. The number of ether oxygens (including phenoxy) is 1. The van der Waals surface area contributed by atoms with Gasteiger partial charge in [-0.3, -0.25) is 4.79 Å². The Hall–Kier alpha value is -1.39. The molecule has 0 saturated carbocycles. The van der Waals surface area contributed by atoms with E-state index in [4.69, 9.17) is 4.74 Å².